The first-order valence-electron chi connectivity index (χ1n) is 9.75. The van der Waals surface area contributed by atoms with Gasteiger partial charge in [-0.2, -0.15) is 4.31 Å². The Labute approximate surface area is 166 Å². The van der Waals surface area contributed by atoms with Crippen molar-refractivity contribution < 1.29 is 22.7 Å². The highest BCUT2D eigenvalue weighted by Crippen LogP contribution is 2.22. The van der Waals surface area contributed by atoms with Crippen LogP contribution < -0.4 is 10.1 Å². The normalized spacial score (nSPS) is 20.5. The molecule has 3 rings (SSSR count). The van der Waals surface area contributed by atoms with Crippen LogP contribution in [0.5, 0.6) is 5.75 Å². The van der Waals surface area contributed by atoms with Crippen LogP contribution in [0, 0.1) is 0 Å². The number of piperazine rings is 1. The molecule has 2 fully saturated rings. The van der Waals surface area contributed by atoms with Gasteiger partial charge in [0.1, 0.15) is 5.75 Å². The lowest BCUT2D eigenvalue weighted by atomic mass is 10.2. The van der Waals surface area contributed by atoms with Crippen LogP contribution in [0.4, 0.5) is 0 Å². The molecule has 2 saturated heterocycles. The molecule has 1 atom stereocenters. The second-order valence-corrected chi connectivity index (χ2v) is 8.99. The number of rotatable bonds is 8. The van der Waals surface area contributed by atoms with Crippen molar-refractivity contribution in [2.75, 3.05) is 53.0 Å². The predicted molar refractivity (Wildman–Crippen MR) is 105 cm³/mol. The van der Waals surface area contributed by atoms with Gasteiger partial charge in [0.05, 0.1) is 18.1 Å². The highest BCUT2D eigenvalue weighted by molar-refractivity contribution is 7.89. The van der Waals surface area contributed by atoms with E-state index in [1.165, 1.54) is 23.5 Å². The van der Waals surface area contributed by atoms with Gasteiger partial charge in [-0.05, 0) is 37.1 Å². The second-order valence-electron chi connectivity index (χ2n) is 7.05. The zero-order chi connectivity index (χ0) is 20.0. The first-order chi connectivity index (χ1) is 13.5. The molecular formula is C19H29N3O5S. The SMILES string of the molecule is COc1ccc(S(=O)(=O)N(CCC(=O)N2CCNCC2)C[C@@H]2CCCO2)cc1. The first-order valence-corrected chi connectivity index (χ1v) is 11.2. The number of methoxy groups -OCH3 is 1. The molecule has 0 aliphatic carbocycles. The molecule has 2 heterocycles. The van der Waals surface area contributed by atoms with Gasteiger partial charge >= 0.3 is 0 Å². The lowest BCUT2D eigenvalue weighted by Crippen LogP contribution is -2.47. The van der Waals surface area contributed by atoms with Gasteiger partial charge in [0, 0.05) is 52.3 Å². The van der Waals surface area contributed by atoms with E-state index < -0.39 is 10.0 Å². The average Bonchev–Trinajstić information content (AvgIpc) is 3.24. The predicted octanol–water partition coefficient (Wildman–Crippen LogP) is 0.687. The summed E-state index contributed by atoms with van der Waals surface area (Å²) in [5.74, 6) is 0.585. The Balaban J connectivity index is 1.71. The number of hydrogen-bond acceptors (Lipinski definition) is 6. The van der Waals surface area contributed by atoms with Gasteiger partial charge in [0.15, 0.2) is 0 Å². The van der Waals surface area contributed by atoms with Gasteiger partial charge in [-0.25, -0.2) is 8.42 Å². The number of amides is 1. The number of hydrogen-bond donors (Lipinski definition) is 1. The summed E-state index contributed by atoms with van der Waals surface area (Å²) in [5.41, 5.74) is 0. The van der Waals surface area contributed by atoms with E-state index in [1.54, 1.807) is 17.0 Å². The molecule has 0 spiro atoms. The van der Waals surface area contributed by atoms with Gasteiger partial charge in [-0.3, -0.25) is 4.79 Å². The van der Waals surface area contributed by atoms with Crippen molar-refractivity contribution in [2.45, 2.75) is 30.3 Å². The Morgan fingerprint density at radius 2 is 2.00 bits per heavy atom. The first kappa shape index (κ1) is 21.0. The van der Waals surface area contributed by atoms with E-state index in [0.29, 0.717) is 25.4 Å². The number of nitrogens with one attached hydrogen (secondary N) is 1. The molecule has 1 N–H and O–H groups in total. The van der Waals surface area contributed by atoms with E-state index in [9.17, 15) is 13.2 Å². The smallest absolute Gasteiger partial charge is 0.243 e. The van der Waals surface area contributed by atoms with Gasteiger partial charge in [-0.15, -0.1) is 0 Å². The molecule has 156 valence electrons. The summed E-state index contributed by atoms with van der Waals surface area (Å²) in [6, 6.07) is 6.33. The van der Waals surface area contributed by atoms with Crippen molar-refractivity contribution in [3.63, 3.8) is 0 Å². The summed E-state index contributed by atoms with van der Waals surface area (Å²) in [7, 11) is -2.19. The van der Waals surface area contributed by atoms with Gasteiger partial charge < -0.3 is 19.7 Å². The maximum atomic E-state index is 13.2. The molecule has 1 aromatic rings. The van der Waals surface area contributed by atoms with Crippen molar-refractivity contribution in [3.05, 3.63) is 24.3 Å². The van der Waals surface area contributed by atoms with Crippen LogP contribution in [0.1, 0.15) is 19.3 Å². The summed E-state index contributed by atoms with van der Waals surface area (Å²) >= 11 is 0. The molecule has 2 aliphatic heterocycles. The molecule has 0 unspecified atom stereocenters. The van der Waals surface area contributed by atoms with Gasteiger partial charge in [0.2, 0.25) is 15.9 Å². The van der Waals surface area contributed by atoms with Crippen LogP contribution in [0.25, 0.3) is 0 Å². The number of nitrogens with zero attached hydrogens (tertiary/aromatic N) is 2. The van der Waals surface area contributed by atoms with Crippen molar-refractivity contribution in [1.82, 2.24) is 14.5 Å². The van der Waals surface area contributed by atoms with Crippen LogP contribution in [0.2, 0.25) is 0 Å². The summed E-state index contributed by atoms with van der Waals surface area (Å²) < 4.78 is 38.6. The van der Waals surface area contributed by atoms with E-state index in [0.717, 1.165) is 25.9 Å². The summed E-state index contributed by atoms with van der Waals surface area (Å²) in [4.78, 5) is 14.5. The largest absolute Gasteiger partial charge is 0.497 e. The fraction of sp³-hybridized carbons (Fsp3) is 0.632. The molecule has 2 aliphatic rings. The Hall–Kier alpha value is -1.68. The minimum atomic E-state index is -3.73. The number of carbonyl (C=O) groups excluding carboxylic acids is 1. The number of sulfonamides is 1. The minimum absolute atomic E-state index is 0.0104. The maximum absolute atomic E-state index is 13.2. The molecule has 0 aromatic heterocycles. The molecule has 0 bridgehead atoms. The molecule has 0 radical (unpaired) electrons. The molecule has 8 nitrogen and oxygen atoms in total. The van der Waals surface area contributed by atoms with Crippen LogP contribution >= 0.6 is 0 Å². The van der Waals surface area contributed by atoms with Gasteiger partial charge in [0.25, 0.3) is 0 Å². The van der Waals surface area contributed by atoms with Gasteiger partial charge in [-0.1, -0.05) is 0 Å². The molecule has 28 heavy (non-hydrogen) atoms. The topological polar surface area (TPSA) is 88.2 Å². The molecular weight excluding hydrogens is 382 g/mol. The third-order valence-corrected chi connectivity index (χ3v) is 7.05. The van der Waals surface area contributed by atoms with Crippen molar-refractivity contribution in [2.24, 2.45) is 0 Å². The molecule has 1 aromatic carbocycles. The summed E-state index contributed by atoms with van der Waals surface area (Å²) in [6.07, 6.45) is 1.81. The van der Waals surface area contributed by atoms with Crippen molar-refractivity contribution in [3.8, 4) is 5.75 Å². The average molecular weight is 412 g/mol. The van der Waals surface area contributed by atoms with Crippen LogP contribution in [-0.2, 0) is 19.6 Å². The third-order valence-electron chi connectivity index (χ3n) is 5.17. The van der Waals surface area contributed by atoms with Crippen LogP contribution in [0.3, 0.4) is 0 Å². The van der Waals surface area contributed by atoms with E-state index in [-0.39, 0.29) is 36.4 Å². The number of carbonyl (C=O) groups is 1. The highest BCUT2D eigenvalue weighted by atomic mass is 32.2. The lowest BCUT2D eigenvalue weighted by molar-refractivity contribution is -0.131. The number of benzene rings is 1. The van der Waals surface area contributed by atoms with E-state index >= 15 is 0 Å². The standard InChI is InChI=1S/C19H29N3O5S/c1-26-16-4-6-18(7-5-16)28(24,25)22(15-17-3-2-14-27-17)11-8-19(23)21-12-9-20-10-13-21/h4-7,17,20H,2-3,8-15H2,1H3/t17-/m0/s1. The quantitative estimate of drug-likeness (QED) is 0.677. The Morgan fingerprint density at radius 3 is 2.61 bits per heavy atom. The van der Waals surface area contributed by atoms with Crippen molar-refractivity contribution in [1.29, 1.82) is 0 Å². The molecule has 0 saturated carbocycles. The zero-order valence-electron chi connectivity index (χ0n) is 16.3. The Morgan fingerprint density at radius 1 is 1.29 bits per heavy atom. The lowest BCUT2D eigenvalue weighted by Gasteiger charge is -2.29. The Bertz CT molecular complexity index is 741. The van der Waals surface area contributed by atoms with Crippen LogP contribution in [-0.4, -0.2) is 82.6 Å². The number of ether oxygens (including phenoxy) is 2. The van der Waals surface area contributed by atoms with E-state index in [1.807, 2.05) is 0 Å². The molecule has 9 heteroatoms. The molecule has 1 amide bonds. The maximum Gasteiger partial charge on any atom is 0.243 e. The van der Waals surface area contributed by atoms with E-state index in [2.05, 4.69) is 5.32 Å². The third kappa shape index (κ3) is 5.22. The van der Waals surface area contributed by atoms with Crippen molar-refractivity contribution >= 4 is 15.9 Å². The summed E-state index contributed by atoms with van der Waals surface area (Å²) in [5, 5.41) is 3.21. The fourth-order valence-corrected chi connectivity index (χ4v) is 4.99. The Kier molecular flexibility index (Phi) is 7.28. The highest BCUT2D eigenvalue weighted by Gasteiger charge is 2.30. The van der Waals surface area contributed by atoms with E-state index in [4.69, 9.17) is 9.47 Å². The minimum Gasteiger partial charge on any atom is -0.497 e. The van der Waals surface area contributed by atoms with Crippen LogP contribution in [0.15, 0.2) is 29.2 Å². The summed E-state index contributed by atoms with van der Waals surface area (Å²) in [6.45, 7) is 3.94. The second kappa shape index (κ2) is 9.69. The zero-order valence-corrected chi connectivity index (χ0v) is 17.1. The fourth-order valence-electron chi connectivity index (χ4n) is 3.51. The monoisotopic (exact) mass is 411 g/mol.